The molecule has 0 unspecified atom stereocenters. The molecule has 0 aliphatic heterocycles. The molecule has 0 spiro atoms. The third-order valence-corrected chi connectivity index (χ3v) is 2.44. The Morgan fingerprint density at radius 2 is 2.07 bits per heavy atom. The third kappa shape index (κ3) is 2.90. The van der Waals surface area contributed by atoms with E-state index < -0.39 is 12.8 Å². The second-order valence-corrected chi connectivity index (χ2v) is 3.64. The van der Waals surface area contributed by atoms with E-state index in [-0.39, 0.29) is 5.75 Å². The van der Waals surface area contributed by atoms with E-state index >= 15 is 0 Å². The van der Waals surface area contributed by atoms with Crippen LogP contribution in [0.4, 0.5) is 13.2 Å². The van der Waals surface area contributed by atoms with E-state index in [4.69, 9.17) is 0 Å². The van der Waals surface area contributed by atoms with Crippen LogP contribution in [0.15, 0.2) is 22.7 Å². The van der Waals surface area contributed by atoms with Gasteiger partial charge in [0, 0.05) is 4.47 Å². The highest BCUT2D eigenvalue weighted by molar-refractivity contribution is 9.10. The fraction of sp³-hybridized carbons (Fsp3) is 0.333. The molecule has 0 aliphatic rings. The molecule has 5 heteroatoms. The Labute approximate surface area is 88.0 Å². The maximum absolute atomic E-state index is 12.5. The van der Waals surface area contributed by atoms with Gasteiger partial charge in [-0.05, 0) is 30.7 Å². The van der Waals surface area contributed by atoms with Crippen molar-refractivity contribution in [3.8, 4) is 5.75 Å². The van der Waals surface area contributed by atoms with Crippen LogP contribution in [0.2, 0.25) is 0 Å². The van der Waals surface area contributed by atoms with Crippen LogP contribution in [-0.4, -0.2) is 12.8 Å². The number of alkyl halides is 3. The molecule has 0 aromatic heterocycles. The van der Waals surface area contributed by atoms with E-state index in [0.717, 1.165) is 10.0 Å². The molecule has 0 saturated carbocycles. The molecule has 0 amide bonds. The summed E-state index contributed by atoms with van der Waals surface area (Å²) in [5, 5.41) is 0. The zero-order valence-electron chi connectivity index (χ0n) is 7.36. The van der Waals surface area contributed by atoms with Crippen molar-refractivity contribution in [3.05, 3.63) is 28.2 Å². The molecule has 0 atom stereocenters. The van der Waals surface area contributed by atoms with Gasteiger partial charge >= 0.3 is 6.11 Å². The van der Waals surface area contributed by atoms with Gasteiger partial charge < -0.3 is 4.74 Å². The first-order valence-corrected chi connectivity index (χ1v) is 4.63. The van der Waals surface area contributed by atoms with Crippen LogP contribution in [0.1, 0.15) is 5.56 Å². The van der Waals surface area contributed by atoms with Crippen LogP contribution >= 0.6 is 15.9 Å². The Morgan fingerprint density at radius 3 is 2.57 bits per heavy atom. The van der Waals surface area contributed by atoms with Crippen molar-refractivity contribution in [2.45, 2.75) is 13.0 Å². The molecule has 0 bridgehead atoms. The van der Waals surface area contributed by atoms with E-state index in [9.17, 15) is 13.2 Å². The molecule has 0 aliphatic carbocycles. The first-order valence-electron chi connectivity index (χ1n) is 3.83. The van der Waals surface area contributed by atoms with Gasteiger partial charge in [0.15, 0.2) is 6.67 Å². The van der Waals surface area contributed by atoms with Gasteiger partial charge in [0.25, 0.3) is 0 Å². The van der Waals surface area contributed by atoms with Crippen LogP contribution in [0.25, 0.3) is 0 Å². The van der Waals surface area contributed by atoms with E-state index in [2.05, 4.69) is 20.7 Å². The number of aryl methyl sites for hydroxylation is 1. The van der Waals surface area contributed by atoms with Crippen LogP contribution in [0, 0.1) is 6.92 Å². The molecule has 1 aromatic carbocycles. The molecule has 78 valence electrons. The maximum atomic E-state index is 12.5. The van der Waals surface area contributed by atoms with E-state index in [1.807, 2.05) is 0 Å². The summed E-state index contributed by atoms with van der Waals surface area (Å²) in [6, 6.07) is 4.33. The Kier molecular flexibility index (Phi) is 3.42. The van der Waals surface area contributed by atoms with Crippen molar-refractivity contribution in [1.29, 1.82) is 0 Å². The summed E-state index contributed by atoms with van der Waals surface area (Å²) >= 11 is 3.21. The summed E-state index contributed by atoms with van der Waals surface area (Å²) in [4.78, 5) is 0. The first kappa shape index (κ1) is 11.4. The molecular formula is C9H8BrF3O. The normalized spacial score (nSPS) is 11.5. The number of halogens is 4. The third-order valence-electron chi connectivity index (χ3n) is 1.55. The topological polar surface area (TPSA) is 9.23 Å². The van der Waals surface area contributed by atoms with Gasteiger partial charge in [0.2, 0.25) is 0 Å². The lowest BCUT2D eigenvalue weighted by molar-refractivity contribution is -0.186. The highest BCUT2D eigenvalue weighted by Gasteiger charge is 2.31. The standard InChI is InChI=1S/C9H8BrF3O/c1-6-4-7(2-3-8(6)10)14-9(12,13)5-11/h2-4H,5H2,1H3. The molecule has 14 heavy (non-hydrogen) atoms. The molecule has 0 saturated heterocycles. The molecule has 1 aromatic rings. The van der Waals surface area contributed by atoms with Crippen LogP contribution in [0.3, 0.4) is 0 Å². The number of ether oxygens (including phenoxy) is 1. The number of hydrogen-bond donors (Lipinski definition) is 0. The minimum Gasteiger partial charge on any atom is -0.431 e. The van der Waals surface area contributed by atoms with E-state index in [1.165, 1.54) is 12.1 Å². The quantitative estimate of drug-likeness (QED) is 0.812. The highest BCUT2D eigenvalue weighted by Crippen LogP contribution is 2.26. The predicted octanol–water partition coefficient (Wildman–Crippen LogP) is 3.70. The smallest absolute Gasteiger partial charge is 0.427 e. The summed E-state index contributed by atoms with van der Waals surface area (Å²) < 4.78 is 41.6. The second kappa shape index (κ2) is 4.21. The zero-order chi connectivity index (χ0) is 10.8. The average Bonchev–Trinajstić information content (AvgIpc) is 2.11. The van der Waals surface area contributed by atoms with Gasteiger partial charge in [0.05, 0.1) is 0 Å². The van der Waals surface area contributed by atoms with Crippen LogP contribution < -0.4 is 4.74 Å². The van der Waals surface area contributed by atoms with Gasteiger partial charge in [-0.15, -0.1) is 0 Å². The predicted molar refractivity (Wildman–Crippen MR) is 50.4 cm³/mol. The summed E-state index contributed by atoms with van der Waals surface area (Å²) in [7, 11) is 0. The fourth-order valence-corrected chi connectivity index (χ4v) is 1.13. The van der Waals surface area contributed by atoms with Crippen molar-refractivity contribution < 1.29 is 17.9 Å². The molecule has 0 N–H and O–H groups in total. The van der Waals surface area contributed by atoms with Crippen LogP contribution in [0.5, 0.6) is 5.75 Å². The van der Waals surface area contributed by atoms with E-state index in [0.29, 0.717) is 0 Å². The largest absolute Gasteiger partial charge is 0.431 e. The first-order chi connectivity index (χ1) is 6.44. The molecule has 1 nitrogen and oxygen atoms in total. The molecule has 0 fully saturated rings. The number of benzene rings is 1. The Hall–Kier alpha value is -0.710. The lowest BCUT2D eigenvalue weighted by Crippen LogP contribution is -2.26. The molecule has 1 rings (SSSR count). The van der Waals surface area contributed by atoms with Crippen molar-refractivity contribution >= 4 is 15.9 Å². The molecule has 0 radical (unpaired) electrons. The lowest BCUT2D eigenvalue weighted by Gasteiger charge is -2.14. The number of hydrogen-bond acceptors (Lipinski definition) is 1. The summed E-state index contributed by atoms with van der Waals surface area (Å²) in [5.41, 5.74) is 0.747. The fourth-order valence-electron chi connectivity index (χ4n) is 0.880. The van der Waals surface area contributed by atoms with E-state index in [1.54, 1.807) is 13.0 Å². The van der Waals surface area contributed by atoms with Gasteiger partial charge in [0.1, 0.15) is 5.75 Å². The summed E-state index contributed by atoms with van der Waals surface area (Å²) in [6.45, 7) is -0.105. The minimum absolute atomic E-state index is 0.0478. The maximum Gasteiger partial charge on any atom is 0.427 e. The Morgan fingerprint density at radius 1 is 1.43 bits per heavy atom. The average molecular weight is 269 g/mol. The SMILES string of the molecule is Cc1cc(OC(F)(F)CF)ccc1Br. The highest BCUT2D eigenvalue weighted by atomic mass is 79.9. The van der Waals surface area contributed by atoms with Crippen molar-refractivity contribution in [3.63, 3.8) is 0 Å². The van der Waals surface area contributed by atoms with Gasteiger partial charge in [-0.25, -0.2) is 4.39 Å². The van der Waals surface area contributed by atoms with Gasteiger partial charge in [-0.1, -0.05) is 15.9 Å². The Bertz CT molecular complexity index is 328. The van der Waals surface area contributed by atoms with Gasteiger partial charge in [-0.3, -0.25) is 0 Å². The summed E-state index contributed by atoms with van der Waals surface area (Å²) in [6.07, 6.45) is -3.75. The van der Waals surface area contributed by atoms with Crippen molar-refractivity contribution in [1.82, 2.24) is 0 Å². The minimum atomic E-state index is -3.75. The van der Waals surface area contributed by atoms with Crippen molar-refractivity contribution in [2.24, 2.45) is 0 Å². The van der Waals surface area contributed by atoms with Gasteiger partial charge in [-0.2, -0.15) is 8.78 Å². The van der Waals surface area contributed by atoms with Crippen molar-refractivity contribution in [2.75, 3.05) is 6.67 Å². The zero-order valence-corrected chi connectivity index (χ0v) is 8.95. The second-order valence-electron chi connectivity index (χ2n) is 2.78. The monoisotopic (exact) mass is 268 g/mol. The molecule has 0 heterocycles. The molecular weight excluding hydrogens is 261 g/mol. The Balaban J connectivity index is 2.83. The van der Waals surface area contributed by atoms with Crippen LogP contribution in [-0.2, 0) is 0 Å². The number of rotatable bonds is 3. The lowest BCUT2D eigenvalue weighted by atomic mass is 10.2. The summed E-state index contributed by atoms with van der Waals surface area (Å²) in [5.74, 6) is -0.0478.